The number of thiazole rings is 1. The van der Waals surface area contributed by atoms with Crippen LogP contribution in [0.2, 0.25) is 0 Å². The van der Waals surface area contributed by atoms with E-state index in [9.17, 15) is 0 Å². The highest BCUT2D eigenvalue weighted by atomic mass is 32.1. The minimum atomic E-state index is 0.678. The average Bonchev–Trinajstić information content (AvgIpc) is 3.16. The Bertz CT molecular complexity index is 799. The standard InChI is InChI=1S/C16H17N5S/c1-2-4-13-12(3-1)17-15(22-13)10-20-7-8-21-14(9-20)18-19-16(21)11-5-6-11/h1-4,11H,5-10H2. The molecule has 0 amide bonds. The van der Waals surface area contributed by atoms with Crippen LogP contribution in [0.3, 0.4) is 0 Å². The fraction of sp³-hybridized carbons (Fsp3) is 0.438. The lowest BCUT2D eigenvalue weighted by Crippen LogP contribution is -2.33. The Morgan fingerprint density at radius 3 is 2.91 bits per heavy atom. The molecular formula is C16H17N5S. The van der Waals surface area contributed by atoms with Crippen LogP contribution < -0.4 is 0 Å². The van der Waals surface area contributed by atoms with Crippen molar-refractivity contribution in [3.63, 3.8) is 0 Å². The van der Waals surface area contributed by atoms with Crippen LogP contribution >= 0.6 is 11.3 Å². The van der Waals surface area contributed by atoms with E-state index in [-0.39, 0.29) is 0 Å². The van der Waals surface area contributed by atoms with Gasteiger partial charge in [0.1, 0.15) is 16.7 Å². The summed E-state index contributed by atoms with van der Waals surface area (Å²) >= 11 is 1.80. The molecule has 5 nitrogen and oxygen atoms in total. The Kier molecular flexibility index (Phi) is 2.81. The summed E-state index contributed by atoms with van der Waals surface area (Å²) in [7, 11) is 0. The Hall–Kier alpha value is -1.79. The zero-order chi connectivity index (χ0) is 14.5. The first-order valence-electron chi connectivity index (χ1n) is 7.85. The summed E-state index contributed by atoms with van der Waals surface area (Å²) < 4.78 is 3.61. The van der Waals surface area contributed by atoms with Crippen molar-refractivity contribution >= 4 is 21.6 Å². The van der Waals surface area contributed by atoms with Crippen LogP contribution in [0.15, 0.2) is 24.3 Å². The number of nitrogens with zero attached hydrogens (tertiary/aromatic N) is 5. The lowest BCUT2D eigenvalue weighted by molar-refractivity contribution is 0.207. The molecule has 0 N–H and O–H groups in total. The van der Waals surface area contributed by atoms with Crippen molar-refractivity contribution < 1.29 is 0 Å². The second kappa shape index (κ2) is 4.86. The van der Waals surface area contributed by atoms with Gasteiger partial charge in [-0.3, -0.25) is 4.90 Å². The maximum Gasteiger partial charge on any atom is 0.147 e. The average molecular weight is 311 g/mol. The predicted molar refractivity (Wildman–Crippen MR) is 85.7 cm³/mol. The molecule has 1 aliphatic heterocycles. The summed E-state index contributed by atoms with van der Waals surface area (Å²) in [6.07, 6.45) is 2.57. The van der Waals surface area contributed by atoms with Gasteiger partial charge in [-0.25, -0.2) is 4.98 Å². The summed E-state index contributed by atoms with van der Waals surface area (Å²) in [5.74, 6) is 3.01. The van der Waals surface area contributed by atoms with Gasteiger partial charge in [-0.05, 0) is 25.0 Å². The number of hydrogen-bond donors (Lipinski definition) is 0. The molecule has 1 fully saturated rings. The number of benzene rings is 1. The van der Waals surface area contributed by atoms with Crippen LogP contribution in [0, 0.1) is 0 Å². The van der Waals surface area contributed by atoms with E-state index >= 15 is 0 Å². The van der Waals surface area contributed by atoms with Crippen molar-refractivity contribution in [3.8, 4) is 0 Å². The van der Waals surface area contributed by atoms with Gasteiger partial charge in [0.2, 0.25) is 0 Å². The van der Waals surface area contributed by atoms with Crippen molar-refractivity contribution in [2.75, 3.05) is 6.54 Å². The molecule has 0 spiro atoms. The Morgan fingerprint density at radius 2 is 2.05 bits per heavy atom. The number of rotatable bonds is 3. The van der Waals surface area contributed by atoms with E-state index in [0.29, 0.717) is 5.92 Å². The van der Waals surface area contributed by atoms with E-state index < -0.39 is 0 Å². The molecule has 0 atom stereocenters. The molecule has 3 heterocycles. The van der Waals surface area contributed by atoms with E-state index in [1.807, 2.05) is 0 Å². The lowest BCUT2D eigenvalue weighted by atomic mass is 10.3. The quantitative estimate of drug-likeness (QED) is 0.746. The molecule has 0 radical (unpaired) electrons. The summed E-state index contributed by atoms with van der Waals surface area (Å²) in [6, 6.07) is 8.36. The summed E-state index contributed by atoms with van der Waals surface area (Å²) in [5.41, 5.74) is 1.11. The monoisotopic (exact) mass is 311 g/mol. The summed E-state index contributed by atoms with van der Waals surface area (Å²) in [6.45, 7) is 3.86. The van der Waals surface area contributed by atoms with Gasteiger partial charge in [0, 0.05) is 19.0 Å². The molecule has 2 aliphatic rings. The molecule has 0 unspecified atom stereocenters. The third-order valence-electron chi connectivity index (χ3n) is 4.50. The van der Waals surface area contributed by atoms with E-state index in [4.69, 9.17) is 4.98 Å². The number of fused-ring (bicyclic) bond motifs is 2. The first-order chi connectivity index (χ1) is 10.9. The van der Waals surface area contributed by atoms with Crippen LogP contribution in [-0.4, -0.2) is 31.2 Å². The summed E-state index contributed by atoms with van der Waals surface area (Å²) in [4.78, 5) is 7.17. The SMILES string of the molecule is c1ccc2sc(CN3CCn4c(nnc4C4CC4)C3)nc2c1. The molecule has 5 rings (SSSR count). The van der Waals surface area contributed by atoms with Gasteiger partial charge in [-0.1, -0.05) is 12.1 Å². The van der Waals surface area contributed by atoms with Gasteiger partial charge in [0.05, 0.1) is 23.3 Å². The maximum absolute atomic E-state index is 4.74. The van der Waals surface area contributed by atoms with Gasteiger partial charge < -0.3 is 4.57 Å². The van der Waals surface area contributed by atoms with E-state index in [1.54, 1.807) is 11.3 Å². The van der Waals surface area contributed by atoms with E-state index in [2.05, 4.69) is 43.9 Å². The smallest absolute Gasteiger partial charge is 0.147 e. The van der Waals surface area contributed by atoms with Crippen LogP contribution in [-0.2, 0) is 19.6 Å². The predicted octanol–water partition coefficient (Wildman–Crippen LogP) is 2.78. The molecule has 1 saturated carbocycles. The Balaban J connectivity index is 1.36. The minimum absolute atomic E-state index is 0.678. The molecule has 112 valence electrons. The summed E-state index contributed by atoms with van der Waals surface area (Å²) in [5, 5.41) is 10.0. The molecular weight excluding hydrogens is 294 g/mol. The molecule has 1 aliphatic carbocycles. The highest BCUT2D eigenvalue weighted by Crippen LogP contribution is 2.39. The highest BCUT2D eigenvalue weighted by molar-refractivity contribution is 7.18. The van der Waals surface area contributed by atoms with E-state index in [1.165, 1.54) is 28.4 Å². The van der Waals surface area contributed by atoms with Gasteiger partial charge in [0.15, 0.2) is 0 Å². The second-order valence-corrected chi connectivity index (χ2v) is 7.30. The largest absolute Gasteiger partial charge is 0.312 e. The van der Waals surface area contributed by atoms with E-state index in [0.717, 1.165) is 37.5 Å². The zero-order valence-electron chi connectivity index (χ0n) is 12.3. The maximum atomic E-state index is 4.74. The van der Waals surface area contributed by atoms with Crippen molar-refractivity contribution in [1.29, 1.82) is 0 Å². The van der Waals surface area contributed by atoms with Gasteiger partial charge in [0.25, 0.3) is 0 Å². The first-order valence-corrected chi connectivity index (χ1v) is 8.67. The van der Waals surface area contributed by atoms with Crippen LogP contribution in [0.5, 0.6) is 0 Å². The van der Waals surface area contributed by atoms with Gasteiger partial charge in [-0.15, -0.1) is 21.5 Å². The Morgan fingerprint density at radius 1 is 1.14 bits per heavy atom. The molecule has 1 aromatic carbocycles. The van der Waals surface area contributed by atoms with Crippen molar-refractivity contribution in [2.45, 2.75) is 38.4 Å². The van der Waals surface area contributed by atoms with Crippen molar-refractivity contribution in [3.05, 3.63) is 40.9 Å². The molecule has 0 saturated heterocycles. The van der Waals surface area contributed by atoms with Crippen molar-refractivity contribution in [2.24, 2.45) is 0 Å². The number of aromatic nitrogens is 4. The first kappa shape index (κ1) is 12.7. The topological polar surface area (TPSA) is 46.8 Å². The fourth-order valence-corrected chi connectivity index (χ4v) is 4.20. The van der Waals surface area contributed by atoms with Crippen LogP contribution in [0.25, 0.3) is 10.2 Å². The third kappa shape index (κ3) is 2.14. The molecule has 3 aromatic rings. The normalized spacial score (nSPS) is 18.7. The van der Waals surface area contributed by atoms with Crippen LogP contribution in [0.4, 0.5) is 0 Å². The molecule has 6 heteroatoms. The van der Waals surface area contributed by atoms with Gasteiger partial charge >= 0.3 is 0 Å². The molecule has 0 bridgehead atoms. The Labute approximate surface area is 132 Å². The van der Waals surface area contributed by atoms with Crippen LogP contribution in [0.1, 0.15) is 35.4 Å². The second-order valence-electron chi connectivity index (χ2n) is 6.19. The number of hydrogen-bond acceptors (Lipinski definition) is 5. The minimum Gasteiger partial charge on any atom is -0.312 e. The van der Waals surface area contributed by atoms with Gasteiger partial charge in [-0.2, -0.15) is 0 Å². The molecule has 2 aromatic heterocycles. The molecule has 22 heavy (non-hydrogen) atoms. The lowest BCUT2D eigenvalue weighted by Gasteiger charge is -2.26. The fourth-order valence-electron chi connectivity index (χ4n) is 3.19. The van der Waals surface area contributed by atoms with Crippen molar-refractivity contribution in [1.82, 2.24) is 24.6 Å². The zero-order valence-corrected chi connectivity index (χ0v) is 13.1. The highest BCUT2D eigenvalue weighted by Gasteiger charge is 2.32. The number of para-hydroxylation sites is 1. The third-order valence-corrected chi connectivity index (χ3v) is 5.52.